The molecule has 1 aliphatic rings. The molecule has 5 nitrogen and oxygen atoms in total. The lowest BCUT2D eigenvalue weighted by atomic mass is 9.85. The van der Waals surface area contributed by atoms with Crippen molar-refractivity contribution in [3.63, 3.8) is 0 Å². The van der Waals surface area contributed by atoms with Crippen molar-refractivity contribution in [2.24, 2.45) is 0 Å². The molecule has 0 radical (unpaired) electrons. The first-order valence-corrected chi connectivity index (χ1v) is 11.5. The van der Waals surface area contributed by atoms with Gasteiger partial charge in [0.05, 0.1) is 11.3 Å². The van der Waals surface area contributed by atoms with Crippen LogP contribution < -0.4 is 10.5 Å². The third-order valence-corrected chi connectivity index (χ3v) is 6.42. The normalized spacial score (nSPS) is 15.0. The number of nitrogens with one attached hydrogen (secondary N) is 2. The second-order valence-corrected chi connectivity index (χ2v) is 8.87. The first kappa shape index (κ1) is 20.4. The van der Waals surface area contributed by atoms with Crippen molar-refractivity contribution in [2.75, 3.05) is 5.73 Å². The maximum absolute atomic E-state index is 6.50. The number of nitrogens with zero attached hydrogens (tertiary/aromatic N) is 1. The Morgan fingerprint density at radius 2 is 1.59 bits per heavy atom. The number of H-pyrrole nitrogens is 2. The molecule has 6 rings (SSSR count). The minimum atomic E-state index is -0.205. The van der Waals surface area contributed by atoms with Crippen molar-refractivity contribution in [1.82, 2.24) is 15.0 Å². The number of hydrogen-bond donors (Lipinski definition) is 3. The van der Waals surface area contributed by atoms with Crippen molar-refractivity contribution < 1.29 is 4.74 Å². The summed E-state index contributed by atoms with van der Waals surface area (Å²) in [4.78, 5) is 11.2. The summed E-state index contributed by atoms with van der Waals surface area (Å²) in [5, 5.41) is 1.14. The Morgan fingerprint density at radius 3 is 2.32 bits per heavy atom. The summed E-state index contributed by atoms with van der Waals surface area (Å²) in [6.07, 6.45) is 2.13. The van der Waals surface area contributed by atoms with Gasteiger partial charge in [0.2, 0.25) is 10.7 Å². The van der Waals surface area contributed by atoms with Gasteiger partial charge in [-0.1, -0.05) is 72.3 Å². The molecular formula is C28H22N4OS. The van der Waals surface area contributed by atoms with Crippen molar-refractivity contribution in [3.05, 3.63) is 112 Å². The Morgan fingerprint density at radius 1 is 0.882 bits per heavy atom. The van der Waals surface area contributed by atoms with E-state index >= 15 is 0 Å². The van der Waals surface area contributed by atoms with Crippen LogP contribution >= 0.6 is 12.2 Å². The minimum absolute atomic E-state index is 0.205. The number of fused-ring (bicyclic) bond motifs is 2. The number of aromatic amines is 2. The Balaban J connectivity index is 1.69. The highest BCUT2D eigenvalue weighted by molar-refractivity contribution is 7.71. The molecule has 2 aromatic heterocycles. The van der Waals surface area contributed by atoms with E-state index in [0.717, 1.165) is 44.6 Å². The summed E-state index contributed by atoms with van der Waals surface area (Å²) in [6.45, 7) is 2.11. The minimum Gasteiger partial charge on any atom is -0.438 e. The molecule has 34 heavy (non-hydrogen) atoms. The predicted octanol–water partition coefficient (Wildman–Crippen LogP) is 6.74. The number of hydrogen-bond acceptors (Lipinski definition) is 4. The van der Waals surface area contributed by atoms with Crippen LogP contribution in [-0.2, 0) is 0 Å². The maximum atomic E-state index is 6.50. The Hall–Kier alpha value is -4.16. The third-order valence-electron chi connectivity index (χ3n) is 6.23. The molecule has 6 heteroatoms. The van der Waals surface area contributed by atoms with Gasteiger partial charge in [-0.05, 0) is 48.5 Å². The van der Waals surface area contributed by atoms with E-state index in [9.17, 15) is 0 Å². The summed E-state index contributed by atoms with van der Waals surface area (Å²) < 4.78 is 6.56. The molecule has 5 aromatic rings. The van der Waals surface area contributed by atoms with E-state index in [0.29, 0.717) is 16.5 Å². The van der Waals surface area contributed by atoms with Crippen LogP contribution in [-0.4, -0.2) is 15.0 Å². The molecule has 166 valence electrons. The van der Waals surface area contributed by atoms with Gasteiger partial charge >= 0.3 is 0 Å². The third kappa shape index (κ3) is 3.40. The zero-order valence-corrected chi connectivity index (χ0v) is 19.3. The van der Waals surface area contributed by atoms with Crippen molar-refractivity contribution in [1.29, 1.82) is 0 Å². The lowest BCUT2D eigenvalue weighted by molar-refractivity contribution is 0.469. The van der Waals surface area contributed by atoms with Gasteiger partial charge in [0.25, 0.3) is 0 Å². The first-order valence-electron chi connectivity index (χ1n) is 11.1. The zero-order valence-electron chi connectivity index (χ0n) is 18.5. The Labute approximate surface area is 202 Å². The van der Waals surface area contributed by atoms with E-state index in [4.69, 9.17) is 22.7 Å². The number of benzene rings is 3. The van der Waals surface area contributed by atoms with Gasteiger partial charge in [0.1, 0.15) is 11.6 Å². The number of nitrogens with two attached hydrogens (primary N) is 1. The molecule has 3 aromatic carbocycles. The van der Waals surface area contributed by atoms with Crippen LogP contribution in [0.5, 0.6) is 5.88 Å². The standard InChI is InChI=1S/C28H22N4OS/c1-16-12-13-21-19(14-16)23(25(30-21)18-10-6-3-7-11-18)20-15-22(17-8-4-2-5-9-17)33-27-24(20)26(29)31-28(34)32-27/h2-15,20,30H,1H3,(H3,29,31,32,34). The van der Waals surface area contributed by atoms with Crippen LogP contribution in [0.25, 0.3) is 27.9 Å². The van der Waals surface area contributed by atoms with Gasteiger partial charge in [-0.15, -0.1) is 0 Å². The molecule has 0 aliphatic carbocycles. The topological polar surface area (TPSA) is 79.7 Å². The monoisotopic (exact) mass is 462 g/mol. The van der Waals surface area contributed by atoms with Crippen LogP contribution in [0.2, 0.25) is 0 Å². The number of aryl methyl sites for hydroxylation is 1. The van der Waals surface area contributed by atoms with Gasteiger partial charge < -0.3 is 20.4 Å². The Kier molecular flexibility index (Phi) is 4.81. The Bertz CT molecular complexity index is 1620. The molecule has 0 amide bonds. The fourth-order valence-corrected chi connectivity index (χ4v) is 4.89. The molecular weight excluding hydrogens is 440 g/mol. The molecule has 4 N–H and O–H groups in total. The summed E-state index contributed by atoms with van der Waals surface area (Å²) in [5.74, 6) is 1.42. The molecule has 1 unspecified atom stereocenters. The quantitative estimate of drug-likeness (QED) is 0.259. The van der Waals surface area contributed by atoms with Crippen molar-refractivity contribution >= 4 is 34.7 Å². The fraction of sp³-hybridized carbons (Fsp3) is 0.0714. The van der Waals surface area contributed by atoms with Gasteiger partial charge in [-0.2, -0.15) is 4.98 Å². The number of ether oxygens (including phenoxy) is 1. The highest BCUT2D eigenvalue weighted by atomic mass is 32.1. The number of nitrogen functional groups attached to an aromatic ring is 1. The number of anilines is 1. The van der Waals surface area contributed by atoms with Gasteiger partial charge in [0, 0.05) is 22.4 Å². The smallest absolute Gasteiger partial charge is 0.229 e. The molecule has 1 aliphatic heterocycles. The second kappa shape index (κ2) is 8.01. The first-order chi connectivity index (χ1) is 16.6. The van der Waals surface area contributed by atoms with Crippen LogP contribution in [0.15, 0.2) is 84.9 Å². The summed E-state index contributed by atoms with van der Waals surface area (Å²) in [6, 6.07) is 26.8. The SMILES string of the molecule is Cc1ccc2[nH]c(-c3ccccc3)c(C3C=C(c4ccccc4)Oc4nc(=S)[nH]c(N)c43)c2c1. The average molecular weight is 463 g/mol. The van der Waals surface area contributed by atoms with Gasteiger partial charge in [-0.3, -0.25) is 0 Å². The summed E-state index contributed by atoms with van der Waals surface area (Å²) >= 11 is 5.32. The number of rotatable bonds is 3. The number of allylic oxidation sites excluding steroid dienone is 1. The molecule has 3 heterocycles. The highest BCUT2D eigenvalue weighted by Gasteiger charge is 2.32. The zero-order chi connectivity index (χ0) is 23.2. The second-order valence-electron chi connectivity index (χ2n) is 8.48. The predicted molar refractivity (Wildman–Crippen MR) is 139 cm³/mol. The van der Waals surface area contributed by atoms with Crippen LogP contribution in [0.3, 0.4) is 0 Å². The molecule has 0 bridgehead atoms. The van der Waals surface area contributed by atoms with Crippen LogP contribution in [0.1, 0.15) is 28.2 Å². The fourth-order valence-electron chi connectivity index (χ4n) is 4.70. The lowest BCUT2D eigenvalue weighted by Gasteiger charge is -2.26. The van der Waals surface area contributed by atoms with Crippen LogP contribution in [0, 0.1) is 11.7 Å². The van der Waals surface area contributed by atoms with Gasteiger partial charge in [-0.25, -0.2) is 0 Å². The summed E-state index contributed by atoms with van der Waals surface area (Å²) in [5.41, 5.74) is 13.8. The lowest BCUT2D eigenvalue weighted by Crippen LogP contribution is -2.15. The van der Waals surface area contributed by atoms with Crippen molar-refractivity contribution in [3.8, 4) is 17.1 Å². The molecule has 0 saturated carbocycles. The van der Waals surface area contributed by atoms with E-state index < -0.39 is 0 Å². The van der Waals surface area contributed by atoms with Crippen molar-refractivity contribution in [2.45, 2.75) is 12.8 Å². The number of aromatic nitrogens is 3. The molecule has 1 atom stereocenters. The van der Waals surface area contributed by atoms with Crippen LogP contribution in [0.4, 0.5) is 5.82 Å². The van der Waals surface area contributed by atoms with E-state index in [-0.39, 0.29) is 5.92 Å². The summed E-state index contributed by atoms with van der Waals surface area (Å²) in [7, 11) is 0. The molecule has 0 fully saturated rings. The average Bonchev–Trinajstić information content (AvgIpc) is 3.22. The van der Waals surface area contributed by atoms with E-state index in [1.165, 1.54) is 5.56 Å². The molecule has 0 saturated heterocycles. The molecule has 0 spiro atoms. The van der Waals surface area contributed by atoms with Gasteiger partial charge in [0.15, 0.2) is 0 Å². The maximum Gasteiger partial charge on any atom is 0.229 e. The van der Waals surface area contributed by atoms with E-state index in [1.807, 2.05) is 48.5 Å². The van der Waals surface area contributed by atoms with E-state index in [1.54, 1.807) is 0 Å². The highest BCUT2D eigenvalue weighted by Crippen LogP contribution is 2.47. The largest absolute Gasteiger partial charge is 0.438 e. The van der Waals surface area contributed by atoms with E-state index in [2.05, 4.69) is 58.3 Å².